The van der Waals surface area contributed by atoms with Gasteiger partial charge in [-0.05, 0) is 54.6 Å². The molecule has 8 nitrogen and oxygen atoms in total. The zero-order valence-corrected chi connectivity index (χ0v) is 19.6. The summed E-state index contributed by atoms with van der Waals surface area (Å²) in [4.78, 5) is 18.6. The number of aromatic amines is 1. The molecule has 3 aromatic rings. The van der Waals surface area contributed by atoms with Gasteiger partial charge in [0.05, 0.1) is 38.4 Å². The molecule has 0 unspecified atom stereocenters. The van der Waals surface area contributed by atoms with E-state index in [0.717, 1.165) is 28.1 Å². The molecule has 33 heavy (non-hydrogen) atoms. The van der Waals surface area contributed by atoms with Crippen molar-refractivity contribution in [3.63, 3.8) is 0 Å². The van der Waals surface area contributed by atoms with E-state index in [4.69, 9.17) is 29.0 Å². The van der Waals surface area contributed by atoms with Gasteiger partial charge >= 0.3 is 0 Å². The number of fused-ring (bicyclic) bond motifs is 8. The number of hydrogen-bond acceptors (Lipinski definition) is 6. The number of hydrogen-bond donors (Lipinski definition) is 1. The molecule has 0 radical (unpaired) electrons. The maximum atomic E-state index is 5.79. The molecule has 0 spiro atoms. The molecule has 2 aliphatic heterocycles. The summed E-state index contributed by atoms with van der Waals surface area (Å²) >= 11 is 0. The summed E-state index contributed by atoms with van der Waals surface area (Å²) in [5.41, 5.74) is 6.08. The smallest absolute Gasteiger partial charge is 0.194 e. The molecule has 2 aliphatic rings. The summed E-state index contributed by atoms with van der Waals surface area (Å²) < 4.78 is 18.8. The minimum atomic E-state index is 0. The third-order valence-corrected chi connectivity index (χ3v) is 5.29. The normalized spacial score (nSPS) is 11.8. The van der Waals surface area contributed by atoms with Crippen molar-refractivity contribution in [1.29, 1.82) is 0 Å². The van der Waals surface area contributed by atoms with Crippen molar-refractivity contribution < 1.29 is 36.1 Å². The van der Waals surface area contributed by atoms with E-state index in [9.17, 15) is 0 Å². The van der Waals surface area contributed by atoms with E-state index < -0.39 is 0 Å². The summed E-state index contributed by atoms with van der Waals surface area (Å²) in [6.45, 7) is 0. The molecule has 0 fully saturated rings. The fourth-order valence-electron chi connectivity index (χ4n) is 3.94. The average molecular weight is 486 g/mol. The molecule has 0 saturated heterocycles. The molecule has 1 N–H and O–H groups in total. The molecule has 0 aliphatic carbocycles. The number of rotatable bonds is 4. The second-order valence-electron chi connectivity index (χ2n) is 7.16. The maximum Gasteiger partial charge on any atom is 0.194 e. The standard InChI is InChI=1S/C24H22N4O4.Fe/c1-29-22-19-10-9-17(27-19)12-16-6-5-14(25-16)11-15-7-8-18(26-15)13-20-23(30-2)24(31-3)21(22)28(20)32-4;/h5-13,25H,1-4H3;. The molecule has 9 heteroatoms. The van der Waals surface area contributed by atoms with Crippen molar-refractivity contribution in [1.82, 2.24) is 19.7 Å². The molecule has 3 aromatic heterocycles. The zero-order chi connectivity index (χ0) is 22.2. The van der Waals surface area contributed by atoms with Gasteiger partial charge in [0.25, 0.3) is 0 Å². The van der Waals surface area contributed by atoms with Gasteiger partial charge in [0.15, 0.2) is 22.8 Å². The first kappa shape index (κ1) is 22.5. The Balaban J connectivity index is 0.00000259. The van der Waals surface area contributed by atoms with Crippen LogP contribution in [0.4, 0.5) is 0 Å². The fraction of sp³-hybridized carbons (Fsp3) is 0.167. The Kier molecular flexibility index (Phi) is 6.18. The summed E-state index contributed by atoms with van der Waals surface area (Å²) in [7, 11) is 6.33. The molecule has 5 heterocycles. The monoisotopic (exact) mass is 486 g/mol. The predicted molar refractivity (Wildman–Crippen MR) is 125 cm³/mol. The van der Waals surface area contributed by atoms with Crippen LogP contribution in [0.15, 0.2) is 30.3 Å². The Bertz CT molecular complexity index is 1440. The molecule has 0 saturated carbocycles. The number of ether oxygens (including phenoxy) is 3. The van der Waals surface area contributed by atoms with Crippen LogP contribution in [0.1, 0.15) is 22.8 Å². The second-order valence-corrected chi connectivity index (χ2v) is 7.16. The van der Waals surface area contributed by atoms with E-state index in [-0.39, 0.29) is 17.1 Å². The Morgan fingerprint density at radius 2 is 1.27 bits per heavy atom. The Morgan fingerprint density at radius 3 is 1.88 bits per heavy atom. The first-order valence-corrected chi connectivity index (χ1v) is 9.98. The molecule has 0 atom stereocenters. The maximum absolute atomic E-state index is 5.79. The van der Waals surface area contributed by atoms with Crippen LogP contribution in [-0.2, 0) is 17.1 Å². The third-order valence-electron chi connectivity index (χ3n) is 5.29. The summed E-state index contributed by atoms with van der Waals surface area (Å²) in [5, 5.41) is 0. The average Bonchev–Trinajstić information content (AvgIpc) is 3.57. The fourth-order valence-corrected chi connectivity index (χ4v) is 3.94. The summed E-state index contributed by atoms with van der Waals surface area (Å²) in [5.74, 6) is 1.47. The number of H-pyrrole nitrogens is 1. The van der Waals surface area contributed by atoms with Crippen molar-refractivity contribution >= 4 is 46.4 Å². The van der Waals surface area contributed by atoms with Crippen LogP contribution in [0.25, 0.3) is 46.4 Å². The van der Waals surface area contributed by atoms with Gasteiger partial charge < -0.3 is 24.0 Å². The van der Waals surface area contributed by atoms with Crippen molar-refractivity contribution in [3.05, 3.63) is 53.1 Å². The molecule has 5 rings (SSSR count). The SMILES string of the molecule is COc1c(OC)c2c(OC)c3nc(cc4ccc(cc5nc(cc1n2OC)C=C5)[nH]4)C=C3.[Fe]. The van der Waals surface area contributed by atoms with Gasteiger partial charge in [-0.2, -0.15) is 4.73 Å². The third kappa shape index (κ3) is 3.86. The van der Waals surface area contributed by atoms with Crippen molar-refractivity contribution in [3.8, 4) is 17.2 Å². The van der Waals surface area contributed by atoms with Gasteiger partial charge in [0.1, 0.15) is 18.3 Å². The number of nitrogens with zero attached hydrogens (tertiary/aromatic N) is 3. The van der Waals surface area contributed by atoms with Crippen molar-refractivity contribution in [2.24, 2.45) is 0 Å². The Hall–Kier alpha value is -3.68. The minimum absolute atomic E-state index is 0. The van der Waals surface area contributed by atoms with E-state index in [1.165, 1.54) is 0 Å². The van der Waals surface area contributed by atoms with Crippen LogP contribution in [-0.4, -0.2) is 48.1 Å². The van der Waals surface area contributed by atoms with Gasteiger partial charge in [0, 0.05) is 28.1 Å². The van der Waals surface area contributed by atoms with Crippen LogP contribution in [0, 0.1) is 0 Å². The van der Waals surface area contributed by atoms with E-state index in [1.54, 1.807) is 33.2 Å². The van der Waals surface area contributed by atoms with Crippen LogP contribution in [0.2, 0.25) is 0 Å². The van der Waals surface area contributed by atoms with Crippen molar-refractivity contribution in [2.75, 3.05) is 28.4 Å². The van der Waals surface area contributed by atoms with Gasteiger partial charge in [-0.1, -0.05) is 0 Å². The molecule has 8 bridgehead atoms. The first-order chi connectivity index (χ1) is 15.6. The van der Waals surface area contributed by atoms with E-state index in [1.807, 2.05) is 54.6 Å². The quantitative estimate of drug-likeness (QED) is 0.384. The van der Waals surface area contributed by atoms with E-state index in [2.05, 4.69) is 4.98 Å². The summed E-state index contributed by atoms with van der Waals surface area (Å²) in [6, 6.07) is 9.85. The number of aromatic nitrogens is 4. The van der Waals surface area contributed by atoms with Gasteiger partial charge in [-0.25, -0.2) is 9.97 Å². The molecular weight excluding hydrogens is 464 g/mol. The second kappa shape index (κ2) is 9.05. The zero-order valence-electron chi connectivity index (χ0n) is 18.5. The number of nitrogens with one attached hydrogen (secondary N) is 1. The van der Waals surface area contributed by atoms with E-state index in [0.29, 0.717) is 34.0 Å². The predicted octanol–water partition coefficient (Wildman–Crippen LogP) is 4.21. The van der Waals surface area contributed by atoms with Gasteiger partial charge in [0.2, 0.25) is 0 Å². The molecule has 0 aromatic carbocycles. The van der Waals surface area contributed by atoms with Crippen molar-refractivity contribution in [2.45, 2.75) is 0 Å². The molecular formula is C24H22FeN4O4. The van der Waals surface area contributed by atoms with Gasteiger partial charge in [-0.3, -0.25) is 0 Å². The Labute approximate surface area is 200 Å². The first-order valence-electron chi connectivity index (χ1n) is 9.98. The Morgan fingerprint density at radius 1 is 0.697 bits per heavy atom. The van der Waals surface area contributed by atoms with Crippen LogP contribution in [0.5, 0.6) is 17.2 Å². The van der Waals surface area contributed by atoms with Crippen LogP contribution >= 0.6 is 0 Å². The van der Waals surface area contributed by atoms with Crippen LogP contribution < -0.4 is 19.0 Å². The van der Waals surface area contributed by atoms with E-state index >= 15 is 0 Å². The largest absolute Gasteiger partial charge is 0.492 e. The van der Waals surface area contributed by atoms with Gasteiger partial charge in [-0.15, -0.1) is 0 Å². The minimum Gasteiger partial charge on any atom is -0.492 e. The summed E-state index contributed by atoms with van der Waals surface area (Å²) in [6.07, 6.45) is 7.71. The molecule has 170 valence electrons. The molecule has 0 amide bonds. The topological polar surface area (TPSA) is 83.4 Å². The number of methoxy groups -OCH3 is 3. The van der Waals surface area contributed by atoms with Crippen LogP contribution in [0.3, 0.4) is 0 Å².